The quantitative estimate of drug-likeness (QED) is 0.179. The van der Waals surface area contributed by atoms with Crippen LogP contribution in [0.2, 0.25) is 0 Å². The molecule has 13 heteroatoms. The maximum atomic E-state index is 16.2. The van der Waals surface area contributed by atoms with Gasteiger partial charge < -0.3 is 20.5 Å². The van der Waals surface area contributed by atoms with E-state index < -0.39 is 11.6 Å². The SMILES string of the molecule is CN(C)CCNc1cc(F)cc(-c2cncc3[nH]c(-c4n[nH]c5cnc(-c6cncc(NC(=O)C7CC7)c6)c(F)c45)nc23)c1. The van der Waals surface area contributed by atoms with Gasteiger partial charge in [0.15, 0.2) is 11.6 Å². The fourth-order valence-electron chi connectivity index (χ4n) is 5.10. The topological polar surface area (TPSA) is 140 Å². The minimum absolute atomic E-state index is 0.0191. The molecule has 4 N–H and O–H groups in total. The second kappa shape index (κ2) is 11.1. The van der Waals surface area contributed by atoms with Gasteiger partial charge in [-0.05, 0) is 56.8 Å². The third kappa shape index (κ3) is 5.33. The number of nitrogens with one attached hydrogen (secondary N) is 4. The first-order valence-corrected chi connectivity index (χ1v) is 14.2. The zero-order valence-electron chi connectivity index (χ0n) is 23.9. The maximum absolute atomic E-state index is 16.2. The average Bonchev–Trinajstić information content (AvgIpc) is 3.62. The van der Waals surface area contributed by atoms with Crippen molar-refractivity contribution in [1.82, 2.24) is 40.0 Å². The first-order valence-electron chi connectivity index (χ1n) is 14.2. The van der Waals surface area contributed by atoms with Crippen molar-refractivity contribution in [2.24, 2.45) is 5.92 Å². The van der Waals surface area contributed by atoms with E-state index in [0.717, 1.165) is 19.4 Å². The van der Waals surface area contributed by atoms with Crippen LogP contribution in [0.4, 0.5) is 20.2 Å². The van der Waals surface area contributed by atoms with Crippen molar-refractivity contribution < 1.29 is 13.6 Å². The summed E-state index contributed by atoms with van der Waals surface area (Å²) in [6.07, 6.45) is 9.47. The summed E-state index contributed by atoms with van der Waals surface area (Å²) in [6, 6.07) is 6.37. The molecule has 0 atom stereocenters. The molecule has 1 aliphatic rings. The number of carbonyl (C=O) groups excluding carboxylic acids is 1. The molecule has 5 heterocycles. The second-order valence-corrected chi connectivity index (χ2v) is 11.1. The maximum Gasteiger partial charge on any atom is 0.227 e. The molecule has 0 radical (unpaired) electrons. The number of anilines is 2. The molecule has 6 aromatic rings. The molecule has 1 aliphatic carbocycles. The van der Waals surface area contributed by atoms with E-state index >= 15 is 4.39 Å². The number of likely N-dealkylation sites (N-methyl/N-ethyl adjacent to an activating group) is 1. The molecular weight excluding hydrogens is 566 g/mol. The van der Waals surface area contributed by atoms with Crippen molar-refractivity contribution in [2.75, 3.05) is 37.8 Å². The highest BCUT2D eigenvalue weighted by Crippen LogP contribution is 2.35. The second-order valence-electron chi connectivity index (χ2n) is 11.1. The first kappa shape index (κ1) is 27.5. The highest BCUT2D eigenvalue weighted by molar-refractivity contribution is 5.98. The van der Waals surface area contributed by atoms with Gasteiger partial charge in [-0.2, -0.15) is 5.10 Å². The largest absolute Gasteiger partial charge is 0.384 e. The predicted molar refractivity (Wildman–Crippen MR) is 164 cm³/mol. The molecule has 5 aromatic heterocycles. The van der Waals surface area contributed by atoms with E-state index in [1.54, 1.807) is 18.5 Å². The van der Waals surface area contributed by atoms with Gasteiger partial charge in [0.05, 0.1) is 46.2 Å². The van der Waals surface area contributed by atoms with Gasteiger partial charge in [0, 0.05) is 48.2 Å². The van der Waals surface area contributed by atoms with Crippen LogP contribution in [-0.4, -0.2) is 73.1 Å². The van der Waals surface area contributed by atoms with Crippen molar-refractivity contribution in [1.29, 1.82) is 0 Å². The molecule has 44 heavy (non-hydrogen) atoms. The minimum atomic E-state index is -0.615. The van der Waals surface area contributed by atoms with Crippen molar-refractivity contribution in [3.8, 4) is 33.9 Å². The number of pyridine rings is 3. The number of imidazole rings is 1. The van der Waals surface area contributed by atoms with E-state index in [2.05, 4.69) is 40.8 Å². The van der Waals surface area contributed by atoms with E-state index in [1.807, 2.05) is 25.1 Å². The van der Waals surface area contributed by atoms with Gasteiger partial charge in [-0.15, -0.1) is 0 Å². The number of amides is 1. The Morgan fingerprint density at radius 3 is 2.59 bits per heavy atom. The molecule has 0 spiro atoms. The Balaban J connectivity index is 1.25. The minimum Gasteiger partial charge on any atom is -0.384 e. The van der Waals surface area contributed by atoms with Crippen molar-refractivity contribution in [3.05, 3.63) is 66.9 Å². The summed E-state index contributed by atoms with van der Waals surface area (Å²) >= 11 is 0. The van der Waals surface area contributed by atoms with Crippen LogP contribution < -0.4 is 10.6 Å². The lowest BCUT2D eigenvalue weighted by molar-refractivity contribution is -0.117. The Hall–Kier alpha value is -5.30. The van der Waals surface area contributed by atoms with Crippen molar-refractivity contribution in [3.63, 3.8) is 0 Å². The van der Waals surface area contributed by atoms with Crippen LogP contribution >= 0.6 is 0 Å². The number of benzene rings is 1. The Morgan fingerprint density at radius 2 is 1.77 bits per heavy atom. The number of halogens is 2. The van der Waals surface area contributed by atoms with Crippen LogP contribution in [0.3, 0.4) is 0 Å². The number of nitrogens with zero attached hydrogens (tertiary/aromatic N) is 6. The molecule has 1 amide bonds. The van der Waals surface area contributed by atoms with Gasteiger partial charge in [-0.25, -0.2) is 13.8 Å². The Bertz CT molecular complexity index is 2030. The fraction of sp³-hybridized carbons (Fsp3) is 0.226. The number of H-pyrrole nitrogens is 2. The molecule has 0 saturated heterocycles. The van der Waals surface area contributed by atoms with Crippen LogP contribution in [-0.2, 0) is 4.79 Å². The van der Waals surface area contributed by atoms with Crippen LogP contribution in [0.15, 0.2) is 55.2 Å². The number of aromatic nitrogens is 7. The average molecular weight is 595 g/mol. The molecule has 1 aromatic carbocycles. The summed E-state index contributed by atoms with van der Waals surface area (Å²) in [6.45, 7) is 1.44. The molecule has 7 rings (SSSR count). The van der Waals surface area contributed by atoms with Gasteiger partial charge in [-0.1, -0.05) is 0 Å². The van der Waals surface area contributed by atoms with E-state index in [-0.39, 0.29) is 28.6 Å². The smallest absolute Gasteiger partial charge is 0.227 e. The number of aromatic amines is 2. The summed E-state index contributed by atoms with van der Waals surface area (Å²) in [5.74, 6) is -0.755. The molecule has 222 valence electrons. The molecule has 0 bridgehead atoms. The lowest BCUT2D eigenvalue weighted by atomic mass is 10.1. The van der Waals surface area contributed by atoms with Crippen LogP contribution in [0.1, 0.15) is 12.8 Å². The Kier molecular flexibility index (Phi) is 6.93. The van der Waals surface area contributed by atoms with Crippen LogP contribution in [0.25, 0.3) is 55.8 Å². The van der Waals surface area contributed by atoms with Crippen molar-refractivity contribution in [2.45, 2.75) is 12.8 Å². The monoisotopic (exact) mass is 594 g/mol. The number of rotatable bonds is 9. The number of carbonyl (C=O) groups is 1. The Labute approximate surface area is 250 Å². The zero-order valence-corrected chi connectivity index (χ0v) is 23.9. The van der Waals surface area contributed by atoms with Crippen LogP contribution in [0.5, 0.6) is 0 Å². The summed E-state index contributed by atoms with van der Waals surface area (Å²) < 4.78 is 30.8. The van der Waals surface area contributed by atoms with Gasteiger partial charge in [0.1, 0.15) is 17.2 Å². The summed E-state index contributed by atoms with van der Waals surface area (Å²) in [4.78, 5) is 35.1. The molecule has 1 fully saturated rings. The van der Waals surface area contributed by atoms with Gasteiger partial charge in [-0.3, -0.25) is 24.8 Å². The third-order valence-corrected chi connectivity index (χ3v) is 7.49. The van der Waals surface area contributed by atoms with Gasteiger partial charge in [0.2, 0.25) is 5.91 Å². The summed E-state index contributed by atoms with van der Waals surface area (Å²) in [7, 11) is 3.94. The zero-order chi connectivity index (χ0) is 30.4. The third-order valence-electron chi connectivity index (χ3n) is 7.49. The molecular formula is C31H28F2N10O. The highest BCUT2D eigenvalue weighted by atomic mass is 19.1. The lowest BCUT2D eigenvalue weighted by Gasteiger charge is -2.12. The van der Waals surface area contributed by atoms with E-state index in [9.17, 15) is 9.18 Å². The van der Waals surface area contributed by atoms with E-state index in [4.69, 9.17) is 4.98 Å². The highest BCUT2D eigenvalue weighted by Gasteiger charge is 2.30. The number of fused-ring (bicyclic) bond motifs is 2. The standard InChI is InChI=1S/C31H28F2N10O/c1-43(2)6-5-36-20-8-17(7-19(32)10-20)22-13-35-14-24-28(22)40-30(39-24)29-25-23(41-42-29)15-37-27(26(25)33)18-9-21(12-34-11-18)38-31(44)16-3-4-16/h7-16,36H,3-6H2,1-2H3,(H,38,44)(H,39,40)(H,41,42). The number of hydrogen-bond donors (Lipinski definition) is 4. The van der Waals surface area contributed by atoms with Gasteiger partial charge >= 0.3 is 0 Å². The molecule has 0 aliphatic heterocycles. The normalized spacial score (nSPS) is 13.2. The van der Waals surface area contributed by atoms with Crippen LogP contribution in [0, 0.1) is 17.6 Å². The van der Waals surface area contributed by atoms with E-state index in [0.29, 0.717) is 57.0 Å². The van der Waals surface area contributed by atoms with Gasteiger partial charge in [0.25, 0.3) is 0 Å². The fourth-order valence-corrected chi connectivity index (χ4v) is 5.10. The Morgan fingerprint density at radius 1 is 0.955 bits per heavy atom. The molecule has 11 nitrogen and oxygen atoms in total. The van der Waals surface area contributed by atoms with Crippen molar-refractivity contribution >= 4 is 39.2 Å². The summed E-state index contributed by atoms with van der Waals surface area (Å²) in [5.41, 5.74) is 4.53. The number of hydrogen-bond acceptors (Lipinski definition) is 8. The lowest BCUT2D eigenvalue weighted by Crippen LogP contribution is -2.20. The molecule has 0 unspecified atom stereocenters. The first-order chi connectivity index (χ1) is 21.3. The van der Waals surface area contributed by atoms with E-state index in [1.165, 1.54) is 30.7 Å². The predicted octanol–water partition coefficient (Wildman–Crippen LogP) is 5.23. The summed E-state index contributed by atoms with van der Waals surface area (Å²) in [5, 5.41) is 13.5. The molecule has 1 saturated carbocycles.